The van der Waals surface area contributed by atoms with E-state index in [2.05, 4.69) is 52.8 Å². The average molecular weight is 237 g/mol. The maximum absolute atomic E-state index is 6.45. The predicted molar refractivity (Wildman–Crippen MR) is 71.4 cm³/mol. The zero-order valence-corrected chi connectivity index (χ0v) is 11.7. The van der Waals surface area contributed by atoms with Crippen LogP contribution in [0.4, 0.5) is 0 Å². The van der Waals surface area contributed by atoms with Gasteiger partial charge in [-0.15, -0.1) is 11.6 Å². The van der Waals surface area contributed by atoms with Crippen LogP contribution in [0.25, 0.3) is 0 Å². The highest BCUT2D eigenvalue weighted by molar-refractivity contribution is 6.21. The number of alkyl halides is 1. The first kappa shape index (κ1) is 12.0. The van der Waals surface area contributed by atoms with Crippen LogP contribution in [0.2, 0.25) is 0 Å². The fourth-order valence-electron chi connectivity index (χ4n) is 2.57. The lowest BCUT2D eigenvalue weighted by Gasteiger charge is -2.22. The fourth-order valence-corrected chi connectivity index (χ4v) is 3.14. The highest BCUT2D eigenvalue weighted by Crippen LogP contribution is 2.48. The van der Waals surface area contributed by atoms with Crippen molar-refractivity contribution in [2.75, 3.05) is 0 Å². The van der Waals surface area contributed by atoms with Crippen LogP contribution in [0.1, 0.15) is 63.1 Å². The number of benzene rings is 1. The Kier molecular flexibility index (Phi) is 2.62. The first-order chi connectivity index (χ1) is 7.22. The maximum Gasteiger partial charge on any atom is 0.0596 e. The van der Waals surface area contributed by atoms with Crippen LogP contribution in [-0.2, 0) is 10.8 Å². The molecule has 1 aromatic carbocycles. The van der Waals surface area contributed by atoms with E-state index in [9.17, 15) is 0 Å². The van der Waals surface area contributed by atoms with Gasteiger partial charge < -0.3 is 0 Å². The van der Waals surface area contributed by atoms with Crippen molar-refractivity contribution in [1.29, 1.82) is 0 Å². The van der Waals surface area contributed by atoms with Crippen molar-refractivity contribution in [3.8, 4) is 0 Å². The summed E-state index contributed by atoms with van der Waals surface area (Å²) in [6.45, 7) is 11.3. The molecule has 16 heavy (non-hydrogen) atoms. The lowest BCUT2D eigenvalue weighted by atomic mass is 9.82. The lowest BCUT2D eigenvalue weighted by Crippen LogP contribution is -2.14. The highest BCUT2D eigenvalue weighted by atomic mass is 35.5. The molecular weight excluding hydrogens is 216 g/mol. The van der Waals surface area contributed by atoms with E-state index in [1.165, 1.54) is 16.7 Å². The normalized spacial score (nSPS) is 23.2. The Morgan fingerprint density at radius 2 is 1.88 bits per heavy atom. The van der Waals surface area contributed by atoms with E-state index in [4.69, 9.17) is 11.6 Å². The summed E-state index contributed by atoms with van der Waals surface area (Å²) >= 11 is 6.45. The van der Waals surface area contributed by atoms with Gasteiger partial charge in [-0.2, -0.15) is 0 Å². The third kappa shape index (κ3) is 1.88. The number of rotatable bonds is 0. The number of halogens is 1. The van der Waals surface area contributed by atoms with Crippen molar-refractivity contribution in [2.45, 2.75) is 57.2 Å². The fraction of sp³-hybridized carbons (Fsp3) is 0.600. The summed E-state index contributed by atoms with van der Waals surface area (Å²) in [5.41, 5.74) is 4.60. The second kappa shape index (κ2) is 3.50. The minimum absolute atomic E-state index is 0.187. The standard InChI is InChI=1S/C15H21Cl/c1-14(2,3)10-6-7-12-11(8-10)13(16)9-15(12,4)5/h6-8,13H,9H2,1-5H3. The summed E-state index contributed by atoms with van der Waals surface area (Å²) in [7, 11) is 0. The number of hydrogen-bond acceptors (Lipinski definition) is 0. The van der Waals surface area contributed by atoms with Gasteiger partial charge in [-0.3, -0.25) is 0 Å². The average Bonchev–Trinajstić information content (AvgIpc) is 2.36. The molecule has 0 N–H and O–H groups in total. The van der Waals surface area contributed by atoms with Crippen molar-refractivity contribution in [3.05, 3.63) is 34.9 Å². The zero-order valence-electron chi connectivity index (χ0n) is 10.9. The SMILES string of the molecule is CC(C)(C)c1ccc2c(c1)C(Cl)CC2(C)C. The second-order valence-corrected chi connectivity index (χ2v) is 7.13. The number of fused-ring (bicyclic) bond motifs is 1. The molecule has 88 valence electrons. The zero-order chi connectivity index (χ0) is 12.1. The van der Waals surface area contributed by atoms with Crippen molar-refractivity contribution >= 4 is 11.6 Å². The third-order valence-corrected chi connectivity index (χ3v) is 4.06. The monoisotopic (exact) mass is 236 g/mol. The molecule has 0 spiro atoms. The Morgan fingerprint density at radius 3 is 2.44 bits per heavy atom. The summed E-state index contributed by atoms with van der Waals surface area (Å²) in [4.78, 5) is 0. The Bertz CT molecular complexity index is 410. The van der Waals surface area contributed by atoms with E-state index < -0.39 is 0 Å². The molecular formula is C15H21Cl. The Morgan fingerprint density at radius 1 is 1.25 bits per heavy atom. The summed E-state index contributed by atoms with van der Waals surface area (Å²) in [5.74, 6) is 0. The molecule has 1 aliphatic carbocycles. The number of hydrogen-bond donors (Lipinski definition) is 0. The minimum Gasteiger partial charge on any atom is -0.118 e. The molecule has 0 heterocycles. The van der Waals surface area contributed by atoms with E-state index in [-0.39, 0.29) is 16.2 Å². The molecule has 1 atom stereocenters. The summed E-state index contributed by atoms with van der Waals surface area (Å²) in [6, 6.07) is 6.84. The summed E-state index contributed by atoms with van der Waals surface area (Å²) in [6.07, 6.45) is 1.05. The van der Waals surface area contributed by atoms with Crippen molar-refractivity contribution in [1.82, 2.24) is 0 Å². The van der Waals surface area contributed by atoms with Gasteiger partial charge in [0.1, 0.15) is 0 Å². The van der Waals surface area contributed by atoms with E-state index in [1.807, 2.05) is 0 Å². The lowest BCUT2D eigenvalue weighted by molar-refractivity contribution is 0.516. The smallest absolute Gasteiger partial charge is 0.0596 e. The van der Waals surface area contributed by atoms with Crippen molar-refractivity contribution in [3.63, 3.8) is 0 Å². The second-order valence-electron chi connectivity index (χ2n) is 6.61. The molecule has 0 saturated heterocycles. The molecule has 0 aromatic heterocycles. The van der Waals surface area contributed by atoms with Gasteiger partial charge in [-0.25, -0.2) is 0 Å². The van der Waals surface area contributed by atoms with Crippen LogP contribution in [0.5, 0.6) is 0 Å². The van der Waals surface area contributed by atoms with Crippen molar-refractivity contribution < 1.29 is 0 Å². The van der Waals surface area contributed by atoms with Gasteiger partial charge in [-0.05, 0) is 33.9 Å². The van der Waals surface area contributed by atoms with Gasteiger partial charge in [0, 0.05) is 0 Å². The van der Waals surface area contributed by atoms with Crippen molar-refractivity contribution in [2.24, 2.45) is 0 Å². The molecule has 0 fully saturated rings. The van der Waals surface area contributed by atoms with Gasteiger partial charge in [-0.1, -0.05) is 52.8 Å². The van der Waals surface area contributed by atoms with E-state index in [0.717, 1.165) is 6.42 Å². The summed E-state index contributed by atoms with van der Waals surface area (Å²) < 4.78 is 0. The van der Waals surface area contributed by atoms with Gasteiger partial charge in [0.25, 0.3) is 0 Å². The van der Waals surface area contributed by atoms with Crippen LogP contribution in [0, 0.1) is 0 Å². The largest absolute Gasteiger partial charge is 0.118 e. The topological polar surface area (TPSA) is 0 Å². The Balaban J connectivity index is 2.53. The minimum atomic E-state index is 0.187. The molecule has 1 aliphatic rings. The van der Waals surface area contributed by atoms with Crippen LogP contribution >= 0.6 is 11.6 Å². The third-order valence-electron chi connectivity index (χ3n) is 3.67. The summed E-state index contributed by atoms with van der Waals surface area (Å²) in [5, 5.41) is 0.187. The molecule has 0 bridgehead atoms. The highest BCUT2D eigenvalue weighted by Gasteiger charge is 2.36. The molecule has 0 radical (unpaired) electrons. The van der Waals surface area contributed by atoms with Crippen LogP contribution in [0.15, 0.2) is 18.2 Å². The van der Waals surface area contributed by atoms with E-state index in [0.29, 0.717) is 0 Å². The molecule has 1 aromatic rings. The maximum atomic E-state index is 6.45. The quantitative estimate of drug-likeness (QED) is 0.560. The van der Waals surface area contributed by atoms with Crippen LogP contribution in [-0.4, -0.2) is 0 Å². The molecule has 0 amide bonds. The van der Waals surface area contributed by atoms with Gasteiger partial charge in [0.15, 0.2) is 0 Å². The molecule has 2 rings (SSSR count). The molecule has 1 unspecified atom stereocenters. The predicted octanol–water partition coefficient (Wildman–Crippen LogP) is 4.95. The molecule has 0 nitrogen and oxygen atoms in total. The van der Waals surface area contributed by atoms with Crippen LogP contribution < -0.4 is 0 Å². The Labute approximate surface area is 104 Å². The first-order valence-corrected chi connectivity index (χ1v) is 6.44. The van der Waals surface area contributed by atoms with Gasteiger partial charge in [0.2, 0.25) is 0 Å². The molecule has 0 aliphatic heterocycles. The van der Waals surface area contributed by atoms with Crippen LogP contribution in [0.3, 0.4) is 0 Å². The van der Waals surface area contributed by atoms with E-state index >= 15 is 0 Å². The molecule has 1 heteroatoms. The van der Waals surface area contributed by atoms with E-state index in [1.54, 1.807) is 0 Å². The van der Waals surface area contributed by atoms with Gasteiger partial charge >= 0.3 is 0 Å². The van der Waals surface area contributed by atoms with Gasteiger partial charge in [0.05, 0.1) is 5.38 Å². The molecule has 0 saturated carbocycles. The Hall–Kier alpha value is -0.490. The first-order valence-electron chi connectivity index (χ1n) is 6.01.